The van der Waals surface area contributed by atoms with Crippen LogP contribution in [0.1, 0.15) is 25.7 Å². The number of hydrogen-bond acceptors (Lipinski definition) is 2. The Labute approximate surface area is 75.5 Å². The molecule has 0 aromatic carbocycles. The van der Waals surface area contributed by atoms with Crippen molar-refractivity contribution >= 4 is 0 Å². The first-order chi connectivity index (χ1) is 5.91. The molecule has 0 saturated heterocycles. The van der Waals surface area contributed by atoms with Gasteiger partial charge in [-0.2, -0.15) is 13.2 Å². The highest BCUT2D eigenvalue weighted by Crippen LogP contribution is 2.39. The van der Waals surface area contributed by atoms with Crippen LogP contribution in [-0.4, -0.2) is 12.3 Å². The monoisotopic (exact) mass is 196 g/mol. The van der Waals surface area contributed by atoms with Crippen LogP contribution < -0.4 is 11.5 Å². The molecule has 5 heteroatoms. The molecule has 1 fully saturated rings. The third kappa shape index (κ3) is 2.84. The highest BCUT2D eigenvalue weighted by atomic mass is 19.4. The van der Waals surface area contributed by atoms with E-state index in [0.29, 0.717) is 12.8 Å². The summed E-state index contributed by atoms with van der Waals surface area (Å²) < 4.78 is 36.6. The van der Waals surface area contributed by atoms with Crippen LogP contribution in [0.25, 0.3) is 0 Å². The van der Waals surface area contributed by atoms with E-state index in [1.54, 1.807) is 0 Å². The van der Waals surface area contributed by atoms with Crippen molar-refractivity contribution in [3.63, 3.8) is 0 Å². The average molecular weight is 196 g/mol. The Morgan fingerprint density at radius 1 is 1.00 bits per heavy atom. The third-order valence-electron chi connectivity index (χ3n) is 2.78. The minimum Gasteiger partial charge on any atom is -0.316 e. The van der Waals surface area contributed by atoms with Gasteiger partial charge in [-0.05, 0) is 31.6 Å². The van der Waals surface area contributed by atoms with Gasteiger partial charge in [0.15, 0.2) is 0 Å². The summed E-state index contributed by atoms with van der Waals surface area (Å²) in [6, 6.07) is 0. The average Bonchev–Trinajstić information content (AvgIpc) is 2.03. The fourth-order valence-electron chi connectivity index (χ4n) is 1.83. The molecule has 0 aliphatic heterocycles. The van der Waals surface area contributed by atoms with Crippen LogP contribution in [0.3, 0.4) is 0 Å². The highest BCUT2D eigenvalue weighted by Gasteiger charge is 2.41. The van der Waals surface area contributed by atoms with E-state index in [4.69, 9.17) is 11.5 Å². The molecule has 0 spiro atoms. The molecule has 1 rings (SSSR count). The second-order valence-corrected chi connectivity index (χ2v) is 3.73. The highest BCUT2D eigenvalue weighted by molar-refractivity contribution is 4.80. The van der Waals surface area contributed by atoms with Crippen molar-refractivity contribution in [1.82, 2.24) is 0 Å². The first kappa shape index (κ1) is 10.8. The summed E-state index contributed by atoms with van der Waals surface area (Å²) in [6.45, 7) is 0. The molecule has 0 unspecified atom stereocenters. The van der Waals surface area contributed by atoms with Gasteiger partial charge in [0, 0.05) is 0 Å². The van der Waals surface area contributed by atoms with Gasteiger partial charge in [-0.3, -0.25) is 0 Å². The summed E-state index contributed by atoms with van der Waals surface area (Å²) in [7, 11) is 0. The van der Waals surface area contributed by atoms with Crippen LogP contribution in [0.5, 0.6) is 0 Å². The number of hydrogen-bond donors (Lipinski definition) is 2. The fourth-order valence-corrected chi connectivity index (χ4v) is 1.83. The molecule has 0 atom stereocenters. The second-order valence-electron chi connectivity index (χ2n) is 3.73. The summed E-state index contributed by atoms with van der Waals surface area (Å²) in [5.74, 6) is -1.07. The molecule has 0 amide bonds. The number of nitrogens with two attached hydrogens (primary N) is 2. The van der Waals surface area contributed by atoms with Gasteiger partial charge in [0.2, 0.25) is 0 Å². The molecular weight excluding hydrogens is 181 g/mol. The molecule has 13 heavy (non-hydrogen) atoms. The fraction of sp³-hybridized carbons (Fsp3) is 1.00. The van der Waals surface area contributed by atoms with Crippen molar-refractivity contribution in [2.45, 2.75) is 38.0 Å². The summed E-state index contributed by atoms with van der Waals surface area (Å²) in [5.41, 5.74) is 10.8. The predicted molar refractivity (Wildman–Crippen MR) is 43.7 cm³/mol. The van der Waals surface area contributed by atoms with Crippen molar-refractivity contribution < 1.29 is 13.2 Å². The van der Waals surface area contributed by atoms with Gasteiger partial charge in [0.05, 0.1) is 12.1 Å². The van der Waals surface area contributed by atoms with Crippen LogP contribution in [0.4, 0.5) is 13.2 Å². The standard InChI is InChI=1S/C8H15F3N2/c9-8(10,11)6-3-1-5(2-4-6)7(12)13/h5-7H,1-4,12-13H2. The molecule has 1 aliphatic rings. The number of alkyl halides is 3. The van der Waals surface area contributed by atoms with Gasteiger partial charge in [0.25, 0.3) is 0 Å². The van der Waals surface area contributed by atoms with Crippen LogP contribution >= 0.6 is 0 Å². The lowest BCUT2D eigenvalue weighted by Crippen LogP contribution is -2.41. The molecule has 0 aromatic heterocycles. The lowest BCUT2D eigenvalue weighted by molar-refractivity contribution is -0.184. The van der Waals surface area contributed by atoms with E-state index >= 15 is 0 Å². The maximum atomic E-state index is 12.2. The normalized spacial score (nSPS) is 30.9. The van der Waals surface area contributed by atoms with Crippen molar-refractivity contribution in [2.24, 2.45) is 23.3 Å². The Hall–Kier alpha value is -0.290. The van der Waals surface area contributed by atoms with E-state index in [1.165, 1.54) is 0 Å². The predicted octanol–water partition coefficient (Wildman–Crippen LogP) is 1.60. The first-order valence-corrected chi connectivity index (χ1v) is 4.49. The zero-order chi connectivity index (χ0) is 10.1. The second kappa shape index (κ2) is 3.84. The lowest BCUT2D eigenvalue weighted by atomic mass is 9.80. The quantitative estimate of drug-likeness (QED) is 0.626. The third-order valence-corrected chi connectivity index (χ3v) is 2.78. The molecular formula is C8H15F3N2. The lowest BCUT2D eigenvalue weighted by Gasteiger charge is -2.31. The molecule has 0 bridgehead atoms. The van der Waals surface area contributed by atoms with Gasteiger partial charge in [-0.25, -0.2) is 0 Å². The first-order valence-electron chi connectivity index (χ1n) is 4.49. The van der Waals surface area contributed by atoms with Crippen molar-refractivity contribution in [2.75, 3.05) is 0 Å². The topological polar surface area (TPSA) is 52.0 Å². The maximum absolute atomic E-state index is 12.2. The Bertz CT molecular complexity index is 159. The molecule has 0 aromatic rings. The minimum atomic E-state index is -4.04. The largest absolute Gasteiger partial charge is 0.391 e. The maximum Gasteiger partial charge on any atom is 0.391 e. The van der Waals surface area contributed by atoms with Gasteiger partial charge in [-0.15, -0.1) is 0 Å². The van der Waals surface area contributed by atoms with Crippen LogP contribution in [0.15, 0.2) is 0 Å². The van der Waals surface area contributed by atoms with Gasteiger partial charge < -0.3 is 11.5 Å². The van der Waals surface area contributed by atoms with Gasteiger partial charge >= 0.3 is 6.18 Å². The van der Waals surface area contributed by atoms with Crippen molar-refractivity contribution in [3.05, 3.63) is 0 Å². The minimum absolute atomic E-state index is 0.0681. The van der Waals surface area contributed by atoms with E-state index in [2.05, 4.69) is 0 Å². The SMILES string of the molecule is NC(N)C1CCC(C(F)(F)F)CC1. The Morgan fingerprint density at radius 3 is 1.77 bits per heavy atom. The molecule has 0 radical (unpaired) electrons. The van der Waals surface area contributed by atoms with Gasteiger partial charge in [-0.1, -0.05) is 0 Å². The van der Waals surface area contributed by atoms with E-state index in [0.717, 1.165) is 0 Å². The van der Waals surface area contributed by atoms with E-state index in [1.807, 2.05) is 0 Å². The smallest absolute Gasteiger partial charge is 0.316 e. The van der Waals surface area contributed by atoms with Gasteiger partial charge in [0.1, 0.15) is 0 Å². The summed E-state index contributed by atoms with van der Waals surface area (Å²) >= 11 is 0. The molecule has 1 saturated carbocycles. The van der Waals surface area contributed by atoms with Crippen LogP contribution in [0.2, 0.25) is 0 Å². The van der Waals surface area contributed by atoms with E-state index < -0.39 is 18.3 Å². The van der Waals surface area contributed by atoms with Crippen LogP contribution in [-0.2, 0) is 0 Å². The zero-order valence-electron chi connectivity index (χ0n) is 7.35. The molecule has 78 valence electrons. The molecule has 4 N–H and O–H groups in total. The molecule has 1 aliphatic carbocycles. The summed E-state index contributed by atoms with van der Waals surface area (Å²) in [5, 5.41) is 0. The molecule has 2 nitrogen and oxygen atoms in total. The summed E-state index contributed by atoms with van der Waals surface area (Å²) in [4.78, 5) is 0. The van der Waals surface area contributed by atoms with Crippen molar-refractivity contribution in [3.8, 4) is 0 Å². The Balaban J connectivity index is 2.39. The van der Waals surface area contributed by atoms with Crippen LogP contribution in [0, 0.1) is 11.8 Å². The van der Waals surface area contributed by atoms with Crippen molar-refractivity contribution in [1.29, 1.82) is 0 Å². The molecule has 0 heterocycles. The zero-order valence-corrected chi connectivity index (χ0v) is 7.35. The summed E-state index contributed by atoms with van der Waals surface area (Å²) in [6.07, 6.45) is -3.14. The Morgan fingerprint density at radius 2 is 1.46 bits per heavy atom. The number of halogens is 3. The number of rotatable bonds is 1. The van der Waals surface area contributed by atoms with E-state index in [9.17, 15) is 13.2 Å². The Kier molecular flexibility index (Phi) is 3.18. The van der Waals surface area contributed by atoms with E-state index in [-0.39, 0.29) is 18.8 Å².